The van der Waals surface area contributed by atoms with Gasteiger partial charge in [0.05, 0.1) is 17.5 Å². The first-order valence-electron chi connectivity index (χ1n) is 7.72. The van der Waals surface area contributed by atoms with Gasteiger partial charge in [-0.3, -0.25) is 14.6 Å². The molecule has 4 rings (SSSR count). The molecule has 0 aliphatic carbocycles. The van der Waals surface area contributed by atoms with E-state index in [1.165, 1.54) is 0 Å². The second-order valence-electron chi connectivity index (χ2n) is 5.98. The Morgan fingerprint density at radius 1 is 1.17 bits per heavy atom. The number of hydrogen-bond donors (Lipinski definition) is 1. The third-order valence-corrected chi connectivity index (χ3v) is 4.58. The fourth-order valence-corrected chi connectivity index (χ4v) is 3.25. The fraction of sp³-hybridized carbons (Fsp3) is 0.278. The molecular formula is C18H16N2O3. The van der Waals surface area contributed by atoms with Crippen molar-refractivity contribution >= 4 is 12.1 Å². The number of rotatable bonds is 2. The van der Waals surface area contributed by atoms with Gasteiger partial charge in [0.1, 0.15) is 12.0 Å². The first-order chi connectivity index (χ1) is 11.2. The lowest BCUT2D eigenvalue weighted by Gasteiger charge is -2.31. The molecule has 116 valence electrons. The number of ketones is 1. The summed E-state index contributed by atoms with van der Waals surface area (Å²) in [6.07, 6.45) is 3.80. The second-order valence-corrected chi connectivity index (χ2v) is 5.98. The highest BCUT2D eigenvalue weighted by atomic mass is 16.5. The molecule has 2 aliphatic heterocycles. The minimum Gasteiger partial charge on any atom is -0.477 e. The largest absolute Gasteiger partial charge is 0.477 e. The predicted octanol–water partition coefficient (Wildman–Crippen LogP) is 2.26. The van der Waals surface area contributed by atoms with Crippen molar-refractivity contribution in [1.29, 1.82) is 0 Å². The zero-order chi connectivity index (χ0) is 15.9. The van der Waals surface area contributed by atoms with E-state index in [2.05, 4.69) is 10.3 Å². The van der Waals surface area contributed by atoms with Crippen molar-refractivity contribution in [1.82, 2.24) is 10.3 Å². The molecule has 1 saturated heterocycles. The number of aromatic nitrogens is 1. The number of aldehydes is 1. The normalized spacial score (nSPS) is 18.5. The van der Waals surface area contributed by atoms with Crippen LogP contribution in [-0.2, 0) is 0 Å². The number of hydrogen-bond acceptors (Lipinski definition) is 5. The molecule has 2 aromatic rings. The topological polar surface area (TPSA) is 68.3 Å². The number of ether oxygens (including phenoxy) is 1. The molecular weight excluding hydrogens is 292 g/mol. The van der Waals surface area contributed by atoms with Crippen molar-refractivity contribution in [2.45, 2.75) is 18.4 Å². The summed E-state index contributed by atoms with van der Waals surface area (Å²) >= 11 is 0. The predicted molar refractivity (Wildman–Crippen MR) is 84.9 cm³/mol. The zero-order valence-corrected chi connectivity index (χ0v) is 12.5. The molecule has 0 bridgehead atoms. The quantitative estimate of drug-likeness (QED) is 0.862. The number of piperidine rings is 1. The van der Waals surface area contributed by atoms with Crippen LogP contribution >= 0.6 is 0 Å². The SMILES string of the molecule is O=Cc1ccc(-c2cc3c(cn2)OC2(CCNCC2)C3=O)cc1. The van der Waals surface area contributed by atoms with Gasteiger partial charge in [0.25, 0.3) is 0 Å². The summed E-state index contributed by atoms with van der Waals surface area (Å²) in [7, 11) is 0. The molecule has 5 nitrogen and oxygen atoms in total. The average Bonchev–Trinajstić information content (AvgIpc) is 2.87. The average molecular weight is 308 g/mol. The van der Waals surface area contributed by atoms with Gasteiger partial charge in [0, 0.05) is 24.0 Å². The third-order valence-electron chi connectivity index (χ3n) is 4.58. The lowest BCUT2D eigenvalue weighted by molar-refractivity contribution is 0.0423. The maximum absolute atomic E-state index is 12.8. The Labute approximate surface area is 133 Å². The molecule has 0 saturated carbocycles. The minimum atomic E-state index is -0.713. The van der Waals surface area contributed by atoms with Crippen molar-refractivity contribution in [3.05, 3.63) is 47.7 Å². The number of fused-ring (bicyclic) bond motifs is 1. The minimum absolute atomic E-state index is 0.0576. The summed E-state index contributed by atoms with van der Waals surface area (Å²) in [6, 6.07) is 8.94. The van der Waals surface area contributed by atoms with Gasteiger partial charge in [-0.2, -0.15) is 0 Å². The molecule has 23 heavy (non-hydrogen) atoms. The van der Waals surface area contributed by atoms with E-state index in [0.717, 1.165) is 24.9 Å². The Morgan fingerprint density at radius 2 is 1.91 bits per heavy atom. The maximum atomic E-state index is 12.8. The van der Waals surface area contributed by atoms with Crippen LogP contribution in [0.15, 0.2) is 36.5 Å². The van der Waals surface area contributed by atoms with Gasteiger partial charge in [-0.05, 0) is 19.2 Å². The molecule has 2 aliphatic rings. The smallest absolute Gasteiger partial charge is 0.210 e. The van der Waals surface area contributed by atoms with Crippen LogP contribution < -0.4 is 10.1 Å². The molecule has 0 radical (unpaired) electrons. The van der Waals surface area contributed by atoms with Gasteiger partial charge < -0.3 is 10.1 Å². The molecule has 1 spiro atoms. The number of carbonyl (C=O) groups is 2. The monoisotopic (exact) mass is 308 g/mol. The van der Waals surface area contributed by atoms with Crippen LogP contribution in [0.1, 0.15) is 33.6 Å². The highest BCUT2D eigenvalue weighted by Crippen LogP contribution is 2.40. The van der Waals surface area contributed by atoms with Crippen molar-refractivity contribution in [2.75, 3.05) is 13.1 Å². The Kier molecular flexibility index (Phi) is 3.23. The summed E-state index contributed by atoms with van der Waals surface area (Å²) in [6.45, 7) is 1.57. The fourth-order valence-electron chi connectivity index (χ4n) is 3.25. The molecule has 0 unspecified atom stereocenters. The number of benzene rings is 1. The van der Waals surface area contributed by atoms with Crippen LogP contribution in [0, 0.1) is 0 Å². The van der Waals surface area contributed by atoms with Crippen LogP contribution in [0.2, 0.25) is 0 Å². The van der Waals surface area contributed by atoms with Gasteiger partial charge in [0.15, 0.2) is 5.60 Å². The highest BCUT2D eigenvalue weighted by molar-refractivity contribution is 6.08. The van der Waals surface area contributed by atoms with Gasteiger partial charge in [-0.15, -0.1) is 0 Å². The molecule has 1 fully saturated rings. The number of pyridine rings is 1. The maximum Gasteiger partial charge on any atom is 0.210 e. The van der Waals surface area contributed by atoms with E-state index < -0.39 is 5.60 Å². The summed E-state index contributed by atoms with van der Waals surface area (Å²) in [5.41, 5.74) is 2.09. The van der Waals surface area contributed by atoms with Gasteiger partial charge in [0.2, 0.25) is 5.78 Å². The molecule has 3 heterocycles. The number of carbonyl (C=O) groups excluding carboxylic acids is 2. The third kappa shape index (κ3) is 2.24. The van der Waals surface area contributed by atoms with Crippen molar-refractivity contribution in [2.24, 2.45) is 0 Å². The molecule has 0 amide bonds. The number of Topliss-reactive ketones (excluding diaryl/α,β-unsaturated/α-hetero) is 1. The Balaban J connectivity index is 1.70. The number of nitrogens with zero attached hydrogens (tertiary/aromatic N) is 1. The lowest BCUT2D eigenvalue weighted by atomic mass is 9.86. The van der Waals surface area contributed by atoms with E-state index in [4.69, 9.17) is 4.74 Å². The molecule has 5 heteroatoms. The Morgan fingerprint density at radius 3 is 2.61 bits per heavy atom. The van der Waals surface area contributed by atoms with E-state index >= 15 is 0 Å². The molecule has 1 aromatic heterocycles. The van der Waals surface area contributed by atoms with Crippen LogP contribution in [0.4, 0.5) is 0 Å². The van der Waals surface area contributed by atoms with Crippen LogP contribution in [0.5, 0.6) is 5.75 Å². The molecule has 0 atom stereocenters. The summed E-state index contributed by atoms with van der Waals surface area (Å²) < 4.78 is 5.98. The Hall–Kier alpha value is -2.53. The highest BCUT2D eigenvalue weighted by Gasteiger charge is 2.48. The van der Waals surface area contributed by atoms with Crippen LogP contribution in [-0.4, -0.2) is 35.7 Å². The van der Waals surface area contributed by atoms with E-state index in [0.29, 0.717) is 35.4 Å². The van der Waals surface area contributed by atoms with Crippen molar-refractivity contribution in [3.8, 4) is 17.0 Å². The molecule has 1 aromatic carbocycles. The van der Waals surface area contributed by atoms with E-state index in [-0.39, 0.29) is 5.78 Å². The van der Waals surface area contributed by atoms with Gasteiger partial charge >= 0.3 is 0 Å². The lowest BCUT2D eigenvalue weighted by Crippen LogP contribution is -2.49. The zero-order valence-electron chi connectivity index (χ0n) is 12.5. The molecule has 1 N–H and O–H groups in total. The first kappa shape index (κ1) is 14.1. The summed E-state index contributed by atoms with van der Waals surface area (Å²) in [4.78, 5) is 28.0. The van der Waals surface area contributed by atoms with Gasteiger partial charge in [-0.1, -0.05) is 24.3 Å². The first-order valence-corrected chi connectivity index (χ1v) is 7.72. The number of nitrogens with one attached hydrogen (secondary N) is 1. The van der Waals surface area contributed by atoms with Crippen LogP contribution in [0.25, 0.3) is 11.3 Å². The van der Waals surface area contributed by atoms with Gasteiger partial charge in [-0.25, -0.2) is 0 Å². The van der Waals surface area contributed by atoms with Crippen LogP contribution in [0.3, 0.4) is 0 Å². The van der Waals surface area contributed by atoms with E-state index in [1.807, 2.05) is 12.1 Å². The summed E-state index contributed by atoms with van der Waals surface area (Å²) in [5, 5.41) is 3.25. The van der Waals surface area contributed by atoms with E-state index in [1.54, 1.807) is 24.4 Å². The standard InChI is InChI=1S/C18H16N2O3/c21-11-12-1-3-13(4-2-12)15-9-14-16(10-20-15)23-18(17(14)22)5-7-19-8-6-18/h1-4,9-11,19H,5-8H2. The Bertz CT molecular complexity index is 777. The van der Waals surface area contributed by atoms with Crippen molar-refractivity contribution < 1.29 is 14.3 Å². The van der Waals surface area contributed by atoms with Crippen molar-refractivity contribution in [3.63, 3.8) is 0 Å². The second kappa shape index (κ2) is 5.28. The van der Waals surface area contributed by atoms with E-state index in [9.17, 15) is 9.59 Å². The summed E-state index contributed by atoms with van der Waals surface area (Å²) in [5.74, 6) is 0.632.